The zero-order chi connectivity index (χ0) is 13.0. The lowest BCUT2D eigenvalue weighted by atomic mass is 10.1. The van der Waals surface area contributed by atoms with Gasteiger partial charge in [-0.3, -0.25) is 4.79 Å². The molecule has 18 heavy (non-hydrogen) atoms. The van der Waals surface area contributed by atoms with Crippen molar-refractivity contribution in [3.8, 4) is 0 Å². The molecule has 0 bridgehead atoms. The third-order valence-corrected chi connectivity index (χ3v) is 3.77. The van der Waals surface area contributed by atoms with Gasteiger partial charge in [-0.15, -0.1) is 0 Å². The average Bonchev–Trinajstić information content (AvgIpc) is 2.85. The summed E-state index contributed by atoms with van der Waals surface area (Å²) in [5, 5.41) is 0. The first-order valence-corrected chi connectivity index (χ1v) is 6.73. The van der Waals surface area contributed by atoms with E-state index in [-0.39, 0.29) is 5.91 Å². The molecular formula is C15H22N2O. The van der Waals surface area contributed by atoms with Gasteiger partial charge in [0.1, 0.15) is 0 Å². The molecule has 0 atom stereocenters. The summed E-state index contributed by atoms with van der Waals surface area (Å²) in [7, 11) is 1.91. The first kappa shape index (κ1) is 12.9. The fourth-order valence-electron chi connectivity index (χ4n) is 2.63. The van der Waals surface area contributed by atoms with E-state index >= 15 is 0 Å². The Morgan fingerprint density at radius 3 is 2.50 bits per heavy atom. The molecule has 1 amide bonds. The molecule has 1 aliphatic rings. The van der Waals surface area contributed by atoms with E-state index in [9.17, 15) is 4.79 Å². The predicted molar refractivity (Wildman–Crippen MR) is 74.2 cm³/mol. The molecular weight excluding hydrogens is 224 g/mol. The number of amides is 1. The Kier molecular flexibility index (Phi) is 4.24. The predicted octanol–water partition coefficient (Wildman–Crippen LogP) is 2.46. The van der Waals surface area contributed by atoms with E-state index in [1.54, 1.807) is 0 Å². The van der Waals surface area contributed by atoms with Gasteiger partial charge in [0.15, 0.2) is 0 Å². The summed E-state index contributed by atoms with van der Waals surface area (Å²) in [4.78, 5) is 14.0. The van der Waals surface area contributed by atoms with E-state index in [2.05, 4.69) is 0 Å². The fraction of sp³-hybridized carbons (Fsp3) is 0.533. The molecule has 3 heteroatoms. The Morgan fingerprint density at radius 2 is 1.89 bits per heavy atom. The van der Waals surface area contributed by atoms with E-state index in [0.717, 1.165) is 17.8 Å². The van der Waals surface area contributed by atoms with Crippen molar-refractivity contribution < 1.29 is 4.79 Å². The molecule has 0 unspecified atom stereocenters. The van der Waals surface area contributed by atoms with Gasteiger partial charge < -0.3 is 10.6 Å². The highest BCUT2D eigenvalue weighted by Gasteiger charge is 2.19. The first-order chi connectivity index (χ1) is 8.65. The molecule has 1 aromatic carbocycles. The number of nitrogen functional groups attached to an aromatic ring is 1. The Bertz CT molecular complexity index is 393. The van der Waals surface area contributed by atoms with Crippen LogP contribution in [0.15, 0.2) is 24.3 Å². The van der Waals surface area contributed by atoms with Crippen LogP contribution in [0.3, 0.4) is 0 Å². The highest BCUT2D eigenvalue weighted by atomic mass is 16.2. The van der Waals surface area contributed by atoms with Crippen molar-refractivity contribution in [2.45, 2.75) is 32.1 Å². The number of hydrogen-bond donors (Lipinski definition) is 1. The monoisotopic (exact) mass is 246 g/mol. The molecule has 98 valence electrons. The van der Waals surface area contributed by atoms with Gasteiger partial charge in [0.05, 0.1) is 6.42 Å². The van der Waals surface area contributed by atoms with E-state index in [0.29, 0.717) is 12.3 Å². The van der Waals surface area contributed by atoms with Crippen LogP contribution in [0, 0.1) is 5.92 Å². The summed E-state index contributed by atoms with van der Waals surface area (Å²) in [6.07, 6.45) is 5.68. The topological polar surface area (TPSA) is 46.3 Å². The van der Waals surface area contributed by atoms with Gasteiger partial charge in [-0.2, -0.15) is 0 Å². The third kappa shape index (κ3) is 3.49. The van der Waals surface area contributed by atoms with Crippen LogP contribution < -0.4 is 5.73 Å². The Labute approximate surface area is 109 Å². The zero-order valence-corrected chi connectivity index (χ0v) is 11.1. The van der Waals surface area contributed by atoms with Crippen LogP contribution in [0.5, 0.6) is 0 Å². The molecule has 2 rings (SSSR count). The number of rotatable bonds is 4. The zero-order valence-electron chi connectivity index (χ0n) is 11.1. The van der Waals surface area contributed by atoms with Gasteiger partial charge in [0, 0.05) is 19.3 Å². The molecule has 0 spiro atoms. The lowest BCUT2D eigenvalue weighted by molar-refractivity contribution is -0.129. The number of hydrogen-bond acceptors (Lipinski definition) is 2. The second-order valence-electron chi connectivity index (χ2n) is 5.34. The van der Waals surface area contributed by atoms with E-state index in [4.69, 9.17) is 5.73 Å². The van der Waals surface area contributed by atoms with Crippen LogP contribution in [0.25, 0.3) is 0 Å². The van der Waals surface area contributed by atoms with E-state index < -0.39 is 0 Å². The first-order valence-electron chi connectivity index (χ1n) is 6.73. The quantitative estimate of drug-likeness (QED) is 0.829. The maximum Gasteiger partial charge on any atom is 0.226 e. The number of nitrogens with zero attached hydrogens (tertiary/aromatic N) is 1. The highest BCUT2D eigenvalue weighted by molar-refractivity contribution is 5.78. The van der Waals surface area contributed by atoms with Gasteiger partial charge in [0.25, 0.3) is 0 Å². The van der Waals surface area contributed by atoms with Crippen LogP contribution in [0.1, 0.15) is 31.2 Å². The lowest BCUT2D eigenvalue weighted by Crippen LogP contribution is -2.32. The molecule has 1 fully saturated rings. The Morgan fingerprint density at radius 1 is 1.28 bits per heavy atom. The largest absolute Gasteiger partial charge is 0.399 e. The maximum atomic E-state index is 12.1. The second-order valence-corrected chi connectivity index (χ2v) is 5.34. The molecule has 0 saturated heterocycles. The smallest absolute Gasteiger partial charge is 0.226 e. The summed E-state index contributed by atoms with van der Waals surface area (Å²) in [5.41, 5.74) is 7.41. The van der Waals surface area contributed by atoms with Gasteiger partial charge in [0.2, 0.25) is 5.91 Å². The van der Waals surface area contributed by atoms with E-state index in [1.165, 1.54) is 25.7 Å². The number of benzene rings is 1. The van der Waals surface area contributed by atoms with Gasteiger partial charge in [-0.25, -0.2) is 0 Å². The summed E-state index contributed by atoms with van der Waals surface area (Å²) in [5.74, 6) is 0.914. The number of carbonyl (C=O) groups excluding carboxylic acids is 1. The molecule has 3 nitrogen and oxygen atoms in total. The molecule has 1 aromatic rings. The molecule has 2 N–H and O–H groups in total. The van der Waals surface area contributed by atoms with E-state index in [1.807, 2.05) is 36.2 Å². The van der Waals surface area contributed by atoms with Crippen molar-refractivity contribution in [1.82, 2.24) is 4.90 Å². The Hall–Kier alpha value is -1.51. The SMILES string of the molecule is CN(CC1CCCC1)C(=O)Cc1ccc(N)cc1. The van der Waals surface area contributed by atoms with Crippen LogP contribution in [0.4, 0.5) is 5.69 Å². The fourth-order valence-corrected chi connectivity index (χ4v) is 2.63. The minimum Gasteiger partial charge on any atom is -0.399 e. The maximum absolute atomic E-state index is 12.1. The minimum absolute atomic E-state index is 0.201. The van der Waals surface area contributed by atoms with Crippen molar-refractivity contribution in [3.05, 3.63) is 29.8 Å². The Balaban J connectivity index is 1.84. The lowest BCUT2D eigenvalue weighted by Gasteiger charge is -2.21. The standard InChI is InChI=1S/C15H22N2O/c1-17(11-13-4-2-3-5-13)15(18)10-12-6-8-14(16)9-7-12/h6-9,13H,2-5,10-11,16H2,1H3. The molecule has 0 aliphatic heterocycles. The van der Waals surface area contributed by atoms with Gasteiger partial charge >= 0.3 is 0 Å². The second kappa shape index (κ2) is 5.89. The van der Waals surface area contributed by atoms with Crippen molar-refractivity contribution in [3.63, 3.8) is 0 Å². The van der Waals surface area contributed by atoms with Crippen molar-refractivity contribution in [2.75, 3.05) is 19.3 Å². The highest BCUT2D eigenvalue weighted by Crippen LogP contribution is 2.25. The summed E-state index contributed by atoms with van der Waals surface area (Å²) < 4.78 is 0. The number of carbonyl (C=O) groups is 1. The third-order valence-electron chi connectivity index (χ3n) is 3.77. The molecule has 1 aliphatic carbocycles. The van der Waals surface area contributed by atoms with Crippen LogP contribution >= 0.6 is 0 Å². The normalized spacial score (nSPS) is 15.8. The summed E-state index contributed by atoms with van der Waals surface area (Å²) >= 11 is 0. The summed E-state index contributed by atoms with van der Waals surface area (Å²) in [6, 6.07) is 7.55. The van der Waals surface area contributed by atoms with Crippen LogP contribution in [-0.4, -0.2) is 24.4 Å². The van der Waals surface area contributed by atoms with Gasteiger partial charge in [-0.05, 0) is 36.5 Å². The molecule has 0 aromatic heterocycles. The number of anilines is 1. The molecule has 0 radical (unpaired) electrons. The van der Waals surface area contributed by atoms with Crippen molar-refractivity contribution >= 4 is 11.6 Å². The summed E-state index contributed by atoms with van der Waals surface area (Å²) in [6.45, 7) is 0.911. The van der Waals surface area contributed by atoms with Crippen molar-refractivity contribution in [1.29, 1.82) is 0 Å². The molecule has 0 heterocycles. The average molecular weight is 246 g/mol. The molecule has 1 saturated carbocycles. The number of likely N-dealkylation sites (N-methyl/N-ethyl adjacent to an activating group) is 1. The minimum atomic E-state index is 0.201. The van der Waals surface area contributed by atoms with Crippen LogP contribution in [0.2, 0.25) is 0 Å². The van der Waals surface area contributed by atoms with Gasteiger partial charge in [-0.1, -0.05) is 25.0 Å². The van der Waals surface area contributed by atoms with Crippen molar-refractivity contribution in [2.24, 2.45) is 5.92 Å². The number of nitrogens with two attached hydrogens (primary N) is 1. The van der Waals surface area contributed by atoms with Crippen LogP contribution in [-0.2, 0) is 11.2 Å².